The molecule has 2 aliphatic rings. The van der Waals surface area contributed by atoms with E-state index >= 15 is 0 Å². The molecule has 0 saturated carbocycles. The molecule has 0 atom stereocenters. The number of nitrogens with zero attached hydrogens (tertiary/aromatic N) is 7. The molecule has 0 amide bonds. The smallest absolute Gasteiger partial charge is 0.104 e. The predicted molar refractivity (Wildman–Crippen MR) is 384 cm³/mol. The maximum absolute atomic E-state index is 13.4. The zero-order chi connectivity index (χ0) is 62.6. The molecule has 0 unspecified atom stereocenters. The molecule has 0 bridgehead atoms. The molecule has 0 saturated heterocycles. The Balaban J connectivity index is 1.13. The highest BCUT2D eigenvalue weighted by Crippen LogP contribution is 2.63. The molecule has 0 aliphatic heterocycles. The second-order valence-electron chi connectivity index (χ2n) is 26.7. The molecule has 7 nitrogen and oxygen atoms in total. The minimum atomic E-state index is -0.656. The summed E-state index contributed by atoms with van der Waals surface area (Å²) in [5.41, 5.74) is 32.1. The van der Waals surface area contributed by atoms with Crippen molar-refractivity contribution in [2.45, 2.75) is 60.8 Å². The van der Waals surface area contributed by atoms with Crippen molar-refractivity contribution in [1.82, 2.24) is 28.2 Å². The highest BCUT2D eigenvalue weighted by atomic mass is 15.1. The minimum Gasteiger partial charge on any atom is -0.306 e. The molecule has 2 aliphatic carbocycles. The van der Waals surface area contributed by atoms with E-state index in [-0.39, 0.29) is 0 Å². The van der Waals surface area contributed by atoms with Crippen molar-refractivity contribution in [1.29, 1.82) is 5.26 Å². The Bertz CT molecular complexity index is 5740. The maximum Gasteiger partial charge on any atom is 0.104 e. The summed E-state index contributed by atoms with van der Waals surface area (Å²) in [7, 11) is 0. The van der Waals surface area contributed by atoms with Crippen LogP contribution in [0.1, 0.15) is 72.3 Å². The van der Waals surface area contributed by atoms with Gasteiger partial charge >= 0.3 is 0 Å². The topological polar surface area (TPSA) is 69.3 Å². The molecule has 0 fully saturated rings. The molecule has 17 aromatic rings. The zero-order valence-corrected chi connectivity index (χ0v) is 53.0. The summed E-state index contributed by atoms with van der Waals surface area (Å²) in [6.45, 7) is 17.5. The first-order valence-electron chi connectivity index (χ1n) is 32.2. The fraction of sp³-hybridized carbons (Fsp3) is 0.105. The van der Waals surface area contributed by atoms with Crippen molar-refractivity contribution in [3.8, 4) is 62.2 Å². The molecular formula is C86H61N7. The van der Waals surface area contributed by atoms with Crippen LogP contribution in [0.25, 0.3) is 143 Å². The van der Waals surface area contributed by atoms with E-state index in [4.69, 9.17) is 9.97 Å². The average molecular weight is 1190 g/mol. The van der Waals surface area contributed by atoms with Gasteiger partial charge in [0.05, 0.1) is 72.3 Å². The van der Waals surface area contributed by atoms with Gasteiger partial charge in [-0.1, -0.05) is 129 Å². The van der Waals surface area contributed by atoms with Crippen LogP contribution in [0.4, 0.5) is 0 Å². The van der Waals surface area contributed by atoms with Crippen LogP contribution in [-0.4, -0.2) is 28.2 Å². The van der Waals surface area contributed by atoms with Gasteiger partial charge in [-0.2, -0.15) is 5.26 Å². The molecule has 0 N–H and O–H groups in total. The number of nitriles is 1. The van der Waals surface area contributed by atoms with Crippen LogP contribution in [0.5, 0.6) is 0 Å². The Morgan fingerprint density at radius 3 is 0.935 bits per heavy atom. The monoisotopic (exact) mass is 1190 g/mol. The molecule has 6 heterocycles. The van der Waals surface area contributed by atoms with Crippen LogP contribution in [0.3, 0.4) is 0 Å². The van der Waals surface area contributed by atoms with Crippen molar-refractivity contribution in [2.75, 3.05) is 0 Å². The second-order valence-corrected chi connectivity index (χ2v) is 26.7. The third-order valence-electron chi connectivity index (χ3n) is 20.8. The first-order chi connectivity index (χ1) is 45.4. The standard InChI is InChI=1S/C86H61N7/c1-47-13-23-73-58(35-47)59-36-48(2)14-24-74(59)90(73)82-66(44-87)83(91-75-25-15-49(3)37-60(75)61-38-50(4)16-26-76(61)91)85(93-79-29-19-53(7)41-64(79)65-42-54(8)20-30-80(65)93)81(84(82)92-77-27-17-51(5)39-62(77)63-40-52(6)18-28-78(63)92)55-21-22-70-57(43-55)56-11-9-10-12-69(56)86(70)71-31-33-88-45-67(71)68-46-89-34-32-72(68)86/h9-43,45-46H,1-8H3. The first-order valence-corrected chi connectivity index (χ1v) is 32.2. The number of aryl methyl sites for hydroxylation is 8. The highest BCUT2D eigenvalue weighted by molar-refractivity contribution is 6.18. The van der Waals surface area contributed by atoms with Gasteiger partial charge in [0.15, 0.2) is 0 Å². The van der Waals surface area contributed by atoms with Gasteiger partial charge in [0.1, 0.15) is 11.6 Å². The summed E-state index contributed by atoms with van der Waals surface area (Å²) in [5.74, 6) is 0. The van der Waals surface area contributed by atoms with Crippen LogP contribution in [0, 0.1) is 66.7 Å². The molecule has 6 aromatic heterocycles. The van der Waals surface area contributed by atoms with Crippen LogP contribution in [0.2, 0.25) is 0 Å². The van der Waals surface area contributed by atoms with E-state index in [2.05, 4.69) is 280 Å². The fourth-order valence-corrected chi connectivity index (χ4v) is 17.0. The van der Waals surface area contributed by atoms with Gasteiger partial charge in [-0.05, 0) is 210 Å². The second kappa shape index (κ2) is 19.0. The molecule has 0 radical (unpaired) electrons. The van der Waals surface area contributed by atoms with E-state index in [0.717, 1.165) is 160 Å². The Morgan fingerprint density at radius 2 is 0.602 bits per heavy atom. The highest BCUT2D eigenvalue weighted by Gasteiger charge is 2.52. The van der Waals surface area contributed by atoms with Crippen molar-refractivity contribution in [3.05, 3.63) is 297 Å². The lowest BCUT2D eigenvalue weighted by Gasteiger charge is -2.31. The predicted octanol–water partition coefficient (Wildman–Crippen LogP) is 21.2. The number of pyridine rings is 2. The fourth-order valence-electron chi connectivity index (χ4n) is 17.0. The van der Waals surface area contributed by atoms with E-state index in [1.807, 2.05) is 24.8 Å². The van der Waals surface area contributed by atoms with Gasteiger partial charge < -0.3 is 18.3 Å². The SMILES string of the molecule is Cc1ccc2c(c1)c1cc(C)ccc1n2-c1c(C#N)c(-n2c3ccc(C)cc3c3cc(C)ccc32)c(-n2c3ccc(C)cc3c3cc(C)ccc32)c(-c2ccc3c(c2)-c2ccccc2C32c3ccncc3-c3cnccc32)c1-n1c2ccc(C)cc2c2cc(C)ccc21. The summed E-state index contributed by atoms with van der Waals surface area (Å²) < 4.78 is 9.99. The Kier molecular flexibility index (Phi) is 10.9. The lowest BCUT2D eigenvalue weighted by Crippen LogP contribution is -2.25. The van der Waals surface area contributed by atoms with Gasteiger partial charge in [0.25, 0.3) is 0 Å². The number of hydrogen-bond acceptors (Lipinski definition) is 3. The first kappa shape index (κ1) is 53.3. The van der Waals surface area contributed by atoms with Gasteiger partial charge in [0, 0.05) is 84.6 Å². The Morgan fingerprint density at radius 1 is 0.301 bits per heavy atom. The third kappa shape index (κ3) is 7.07. The van der Waals surface area contributed by atoms with E-state index in [9.17, 15) is 5.26 Å². The zero-order valence-electron chi connectivity index (χ0n) is 53.0. The van der Waals surface area contributed by atoms with Crippen molar-refractivity contribution in [3.63, 3.8) is 0 Å². The third-order valence-corrected chi connectivity index (χ3v) is 20.8. The maximum atomic E-state index is 13.4. The van der Waals surface area contributed by atoms with E-state index < -0.39 is 5.41 Å². The molecular weight excluding hydrogens is 1130 g/mol. The van der Waals surface area contributed by atoms with Crippen molar-refractivity contribution in [2.24, 2.45) is 0 Å². The lowest BCUT2D eigenvalue weighted by atomic mass is 9.71. The number of hydrogen-bond donors (Lipinski definition) is 0. The lowest BCUT2D eigenvalue weighted by molar-refractivity contribution is 0.791. The minimum absolute atomic E-state index is 0.541. The normalized spacial score (nSPS) is 13.0. The van der Waals surface area contributed by atoms with Crippen LogP contribution < -0.4 is 0 Å². The average Bonchev–Trinajstić information content (AvgIpc) is 1.54. The van der Waals surface area contributed by atoms with Crippen molar-refractivity contribution < 1.29 is 0 Å². The summed E-state index contributed by atoms with van der Waals surface area (Å²) >= 11 is 0. The van der Waals surface area contributed by atoms with Gasteiger partial charge in [-0.15, -0.1) is 0 Å². The number of rotatable bonds is 5. The molecule has 93 heavy (non-hydrogen) atoms. The van der Waals surface area contributed by atoms with E-state index in [1.54, 1.807) is 0 Å². The van der Waals surface area contributed by atoms with E-state index in [1.165, 1.54) is 50.1 Å². The van der Waals surface area contributed by atoms with Crippen LogP contribution in [0.15, 0.2) is 225 Å². The molecule has 1 spiro atoms. The summed E-state index contributed by atoms with van der Waals surface area (Å²) in [6, 6.07) is 79.2. The van der Waals surface area contributed by atoms with Crippen molar-refractivity contribution >= 4 is 87.2 Å². The van der Waals surface area contributed by atoms with E-state index in [0.29, 0.717) is 5.56 Å². The Hall–Kier alpha value is -11.6. The van der Waals surface area contributed by atoms with Gasteiger partial charge in [-0.3, -0.25) is 9.97 Å². The number of benzene rings is 11. The molecule has 19 rings (SSSR count). The molecule has 11 aromatic carbocycles. The quantitative estimate of drug-likeness (QED) is 0.172. The summed E-state index contributed by atoms with van der Waals surface area (Å²) in [5, 5.41) is 22.5. The largest absolute Gasteiger partial charge is 0.306 e. The van der Waals surface area contributed by atoms with Crippen LogP contribution >= 0.6 is 0 Å². The van der Waals surface area contributed by atoms with Crippen LogP contribution in [-0.2, 0) is 5.41 Å². The number of fused-ring (bicyclic) bond motifs is 22. The van der Waals surface area contributed by atoms with Gasteiger partial charge in [-0.25, -0.2) is 0 Å². The number of aromatic nitrogens is 6. The van der Waals surface area contributed by atoms with Gasteiger partial charge in [0.2, 0.25) is 0 Å². The molecule has 7 heteroatoms. The molecule has 440 valence electrons. The summed E-state index contributed by atoms with van der Waals surface area (Å²) in [6.07, 6.45) is 7.95. The Labute approximate surface area is 537 Å². The summed E-state index contributed by atoms with van der Waals surface area (Å²) in [4.78, 5) is 9.51.